The van der Waals surface area contributed by atoms with Crippen LogP contribution in [0.2, 0.25) is 0 Å². The van der Waals surface area contributed by atoms with Crippen molar-refractivity contribution in [3.63, 3.8) is 0 Å². The first-order chi connectivity index (χ1) is 31.4. The molecular weight excluding hydrogens is 815 g/mol. The van der Waals surface area contributed by atoms with Gasteiger partial charge in [-0.15, -0.1) is 0 Å². The number of hydrogen-bond acceptors (Lipinski definition) is 2. The monoisotopic (exact) mass is 862 g/mol. The Morgan fingerprint density at radius 1 is 0.250 bits per heavy atom. The van der Waals surface area contributed by atoms with Gasteiger partial charge in [0.1, 0.15) is 0 Å². The third-order valence-electron chi connectivity index (χ3n) is 12.0. The van der Waals surface area contributed by atoms with Crippen molar-refractivity contribution >= 4 is 67.8 Å². The Morgan fingerprint density at radius 2 is 0.438 bits per heavy atom. The third-order valence-corrected chi connectivity index (χ3v) is 20.7. The smallest absolute Gasteiger partial charge is 0.194 e. The van der Waals surface area contributed by atoms with Crippen LogP contribution in [-0.2, 0) is 0 Å². The fourth-order valence-electron chi connectivity index (χ4n) is 9.00. The van der Waals surface area contributed by atoms with Crippen LogP contribution in [0.4, 0.5) is 0 Å². The maximum atomic E-state index is 15.9. The Balaban J connectivity index is 1.32. The molecule has 64 heavy (non-hydrogen) atoms. The first-order valence-electron chi connectivity index (χ1n) is 21.6. The van der Waals surface area contributed by atoms with Gasteiger partial charge in [-0.3, -0.25) is 9.59 Å². The second kappa shape index (κ2) is 18.7. The van der Waals surface area contributed by atoms with Gasteiger partial charge < -0.3 is 0 Å². The van der Waals surface area contributed by atoms with Gasteiger partial charge in [-0.2, -0.15) is 0 Å². The van der Waals surface area contributed by atoms with Crippen molar-refractivity contribution in [2.45, 2.75) is 13.8 Å². The van der Waals surface area contributed by atoms with Gasteiger partial charge in [0.15, 0.2) is 11.6 Å². The fourth-order valence-corrected chi connectivity index (χ4v) is 18.0. The van der Waals surface area contributed by atoms with Crippen LogP contribution in [0, 0.1) is 13.8 Å². The highest BCUT2D eigenvalue weighted by Gasteiger charge is 2.36. The Hall–Kier alpha value is -7.08. The lowest BCUT2D eigenvalue weighted by atomic mass is 9.98. The summed E-state index contributed by atoms with van der Waals surface area (Å²) >= 11 is 0. The van der Waals surface area contributed by atoms with Crippen molar-refractivity contribution in [2.24, 2.45) is 0 Å². The molecule has 0 aliphatic heterocycles. The number of carbonyl (C=O) groups is 2. The molecule has 0 unspecified atom stereocenters. The van der Waals surface area contributed by atoms with Crippen LogP contribution in [0.5, 0.6) is 0 Å². The summed E-state index contributed by atoms with van der Waals surface area (Å²) in [5.74, 6) is -0.148. The molecule has 0 atom stereocenters. The fraction of sp³-hybridized carbons (Fsp3) is 0.0333. The van der Waals surface area contributed by atoms with Crippen LogP contribution >= 0.6 is 13.8 Å². The quantitative estimate of drug-likeness (QED) is 0.0906. The molecule has 310 valence electrons. The lowest BCUT2D eigenvalue weighted by Crippen LogP contribution is -2.34. The number of rotatable bonds is 12. The van der Waals surface area contributed by atoms with Crippen molar-refractivity contribution in [2.75, 3.05) is 0 Å². The molecule has 9 rings (SSSR count). The lowest BCUT2D eigenvalue weighted by Gasteiger charge is -2.33. The Labute approximate surface area is 377 Å². The van der Waals surface area contributed by atoms with E-state index in [9.17, 15) is 0 Å². The average molecular weight is 863 g/mol. The zero-order chi connectivity index (χ0) is 43.9. The van der Waals surface area contributed by atoms with E-state index in [4.69, 9.17) is 0 Å². The molecule has 0 aromatic heterocycles. The highest BCUT2D eigenvalue weighted by atomic mass is 31.2. The van der Waals surface area contributed by atoms with Gasteiger partial charge in [0.2, 0.25) is 0 Å². The van der Waals surface area contributed by atoms with Crippen molar-refractivity contribution in [3.8, 4) is 0 Å². The first kappa shape index (κ1) is 42.2. The highest BCUT2D eigenvalue weighted by Crippen LogP contribution is 2.50. The molecule has 0 radical (unpaired) electrons. The van der Waals surface area contributed by atoms with Gasteiger partial charge in [0.05, 0.1) is 0 Å². The summed E-state index contributed by atoms with van der Waals surface area (Å²) < 4.78 is 0. The van der Waals surface area contributed by atoms with Crippen LogP contribution in [0.1, 0.15) is 43.0 Å². The second-order valence-corrected chi connectivity index (χ2v) is 22.7. The number of ketones is 2. The average Bonchev–Trinajstić information content (AvgIpc) is 3.37. The molecule has 0 saturated heterocycles. The van der Waals surface area contributed by atoms with E-state index in [1.54, 1.807) is 0 Å². The molecule has 9 aromatic carbocycles. The number of carbonyl (C=O) groups excluding carboxylic acids is 2. The molecule has 2 nitrogen and oxygen atoms in total. The maximum absolute atomic E-state index is 15.9. The number of aryl methyl sites for hydroxylation is 2. The normalized spacial score (nSPS) is 11.4. The number of benzene rings is 9. The summed E-state index contributed by atoms with van der Waals surface area (Å²) in [6, 6.07) is 87.2. The number of Topliss-reactive ketones (excluding diaryl/α,β-unsaturated/α-hetero) is 2. The lowest BCUT2D eigenvalue weighted by molar-refractivity contribution is 0.105. The van der Waals surface area contributed by atoms with Crippen LogP contribution in [0.15, 0.2) is 255 Å². The predicted molar refractivity (Wildman–Crippen MR) is 276 cm³/mol. The van der Waals surface area contributed by atoms with Gasteiger partial charge in [0, 0.05) is 21.7 Å². The standard InChI is InChI=1S/C60H48O2P2/c1-45-33-37-49(38-34-45)59(63(51-21-9-3-10-22-51,52-23-11-4-12-24-52)53-25-13-5-14-26-53)57(61)47-41-43-48(44-42-47)58(62)60(50-39-35-46(2)36-40-50)64(54-27-15-6-16-28-54,55-29-17-7-18-30-55)56-31-19-8-20-32-56/h3-44H,1-2H3. The molecule has 0 aliphatic rings. The summed E-state index contributed by atoms with van der Waals surface area (Å²) in [5, 5.41) is 8.00. The van der Waals surface area contributed by atoms with Crippen LogP contribution in [0.25, 0.3) is 0 Å². The Morgan fingerprint density at radius 3 is 0.641 bits per heavy atom. The minimum Gasteiger partial charge on any atom is -0.289 e. The maximum Gasteiger partial charge on any atom is 0.194 e. The van der Waals surface area contributed by atoms with E-state index in [-0.39, 0.29) is 11.6 Å². The molecular formula is C60H48O2P2. The first-order valence-corrected chi connectivity index (χ1v) is 25.2. The van der Waals surface area contributed by atoms with E-state index in [1.165, 1.54) is 0 Å². The molecule has 0 bridgehead atoms. The highest BCUT2D eigenvalue weighted by molar-refractivity contribution is 7.97. The van der Waals surface area contributed by atoms with Gasteiger partial charge in [-0.05, 0) is 70.6 Å². The Kier molecular flexibility index (Phi) is 12.4. The van der Waals surface area contributed by atoms with Gasteiger partial charge in [0.25, 0.3) is 0 Å². The van der Waals surface area contributed by atoms with Gasteiger partial charge >= 0.3 is 0 Å². The molecule has 0 aliphatic carbocycles. The SMILES string of the molecule is Cc1ccc(C(C(=O)c2ccc(C(=O)C(c3ccc(C)cc3)=P(c3ccccc3)(c3ccccc3)c3ccccc3)cc2)=P(c2ccccc2)(c2ccccc2)c2ccccc2)cc1. The zero-order valence-corrected chi connectivity index (χ0v) is 37.7. The van der Waals surface area contributed by atoms with E-state index >= 15 is 9.59 Å². The van der Waals surface area contributed by atoms with Crippen LogP contribution < -0.4 is 31.8 Å². The number of hydrogen-bond donors (Lipinski definition) is 0. The molecule has 0 saturated carbocycles. The van der Waals surface area contributed by atoms with Crippen LogP contribution in [0.3, 0.4) is 0 Å². The molecule has 9 aromatic rings. The van der Waals surface area contributed by atoms with Crippen molar-refractivity contribution in [1.82, 2.24) is 0 Å². The largest absolute Gasteiger partial charge is 0.289 e. The molecule has 4 heteroatoms. The van der Waals surface area contributed by atoms with E-state index < -0.39 is 13.8 Å². The molecule has 0 heterocycles. The predicted octanol–water partition coefficient (Wildman–Crippen LogP) is 11.1. The van der Waals surface area contributed by atoms with Crippen LogP contribution in [-0.4, -0.2) is 22.2 Å². The minimum absolute atomic E-state index is 0.0739. The molecule has 0 spiro atoms. The summed E-state index contributed by atoms with van der Waals surface area (Å²) in [5.41, 5.74) is 5.01. The summed E-state index contributed by atoms with van der Waals surface area (Å²) in [6.07, 6.45) is 0. The molecule has 0 N–H and O–H groups in total. The van der Waals surface area contributed by atoms with E-state index in [1.807, 2.05) is 60.7 Å². The third kappa shape index (κ3) is 7.82. The zero-order valence-electron chi connectivity index (χ0n) is 36.0. The summed E-state index contributed by atoms with van der Waals surface area (Å²) in [6.45, 7) is -1.53. The van der Waals surface area contributed by atoms with Gasteiger partial charge in [-0.25, -0.2) is 0 Å². The molecule has 0 amide bonds. The topological polar surface area (TPSA) is 34.1 Å². The van der Waals surface area contributed by atoms with Crippen molar-refractivity contribution in [3.05, 3.63) is 288 Å². The van der Waals surface area contributed by atoms with Gasteiger partial charge in [-0.1, -0.05) is 266 Å². The summed E-state index contributed by atoms with van der Waals surface area (Å²) in [7, 11) is 0. The minimum atomic E-state index is -2.84. The second-order valence-electron chi connectivity index (χ2n) is 16.0. The van der Waals surface area contributed by atoms with E-state index in [2.05, 4.69) is 208 Å². The van der Waals surface area contributed by atoms with E-state index in [0.717, 1.165) is 64.7 Å². The van der Waals surface area contributed by atoms with Crippen molar-refractivity contribution in [1.29, 1.82) is 0 Å². The Bertz CT molecular complexity index is 2720. The molecule has 0 fully saturated rings. The van der Waals surface area contributed by atoms with E-state index in [0.29, 0.717) is 11.1 Å². The summed E-state index contributed by atoms with van der Waals surface area (Å²) in [4.78, 5) is 31.8. The van der Waals surface area contributed by atoms with Crippen molar-refractivity contribution < 1.29 is 9.59 Å².